The largest absolute Gasteiger partial charge is 0.492 e. The first-order valence-electron chi connectivity index (χ1n) is 13.5. The van der Waals surface area contributed by atoms with Gasteiger partial charge in [-0.1, -0.05) is 23.7 Å². The summed E-state index contributed by atoms with van der Waals surface area (Å²) in [6.45, 7) is -0.681. The summed E-state index contributed by atoms with van der Waals surface area (Å²) in [5.41, 5.74) is 17.8. The number of hydrogen-bond donors (Lipinski definition) is 10. The average molecular weight is 770 g/mol. The summed E-state index contributed by atoms with van der Waals surface area (Å²) in [5, 5.41) is 59.7. The molecule has 4 atom stereocenters. The molecule has 0 bridgehead atoms. The van der Waals surface area contributed by atoms with Crippen molar-refractivity contribution in [2.45, 2.75) is 43.7 Å². The van der Waals surface area contributed by atoms with Gasteiger partial charge in [0.25, 0.3) is 5.91 Å². The van der Waals surface area contributed by atoms with Gasteiger partial charge in [0.1, 0.15) is 24.6 Å². The first kappa shape index (κ1) is 49.3. The van der Waals surface area contributed by atoms with E-state index in [0.29, 0.717) is 18.7 Å². The van der Waals surface area contributed by atoms with Crippen LogP contribution in [0.4, 0.5) is 11.6 Å². The Balaban J connectivity index is -0.00000484. The van der Waals surface area contributed by atoms with E-state index in [1.807, 2.05) is 12.1 Å². The van der Waals surface area contributed by atoms with Gasteiger partial charge in [0, 0.05) is 26.2 Å². The number of amides is 1. The molecule has 0 unspecified atom stereocenters. The minimum Gasteiger partial charge on any atom is -0.492 e. The fourth-order valence-electron chi connectivity index (χ4n) is 3.78. The highest BCUT2D eigenvalue weighted by molar-refractivity contribution is 7.59. The molecule has 2 rings (SSSR count). The number of nitrogens with two attached hydrogens (primary N) is 3. The number of hydrogen-bond acceptors (Lipinski definition) is 14. The number of rotatable bonds is 18. The van der Waals surface area contributed by atoms with Crippen LogP contribution in [0, 0.1) is 0 Å². The first-order valence-corrected chi connectivity index (χ1v) is 13.9. The quantitative estimate of drug-likeness (QED) is 0.0472. The summed E-state index contributed by atoms with van der Waals surface area (Å²) in [5.74, 6) is -0.491. The Morgan fingerprint density at radius 3 is 2.00 bits per heavy atom. The van der Waals surface area contributed by atoms with Crippen LogP contribution in [0.1, 0.15) is 28.9 Å². The van der Waals surface area contributed by atoms with Gasteiger partial charge in [-0.05, 0) is 37.0 Å². The van der Waals surface area contributed by atoms with Crippen LogP contribution in [0.15, 0.2) is 29.3 Å². The predicted octanol–water partition coefficient (Wildman–Crippen LogP) is -1.46. The number of aromatic nitrogens is 2. The highest BCUT2D eigenvalue weighted by Gasteiger charge is 2.24. The number of carbonyl (C=O) groups excluding carboxylic acids is 1. The number of anilines is 2. The van der Waals surface area contributed by atoms with Gasteiger partial charge in [0.2, 0.25) is 0 Å². The molecule has 47 heavy (non-hydrogen) atoms. The normalized spacial score (nSPS) is 13.5. The number of nitrogens with one attached hydrogen (secondary N) is 1. The van der Waals surface area contributed by atoms with E-state index in [-0.39, 0.29) is 106 Å². The van der Waals surface area contributed by atoms with E-state index in [9.17, 15) is 25.2 Å². The molecule has 1 amide bonds. The first-order chi connectivity index (χ1) is 20.4. The molecule has 2 aromatic rings. The fraction of sp³-hybridized carbons (Fsp3) is 0.538. The monoisotopic (exact) mass is 768 g/mol. The van der Waals surface area contributed by atoms with Gasteiger partial charge < -0.3 is 52.6 Å². The van der Waals surface area contributed by atoms with E-state index in [2.05, 4.69) is 20.3 Å². The number of aliphatic hydroxyl groups excluding tert-OH is 6. The molecule has 0 saturated heterocycles. The molecule has 0 aliphatic heterocycles. The Bertz CT molecular complexity index is 1180. The second-order valence-corrected chi connectivity index (χ2v) is 10.1. The third kappa shape index (κ3) is 17.8. The summed E-state index contributed by atoms with van der Waals surface area (Å²) < 4.78 is 5.76. The Morgan fingerprint density at radius 1 is 0.915 bits per heavy atom. The van der Waals surface area contributed by atoms with Crippen molar-refractivity contribution < 1.29 is 40.2 Å². The van der Waals surface area contributed by atoms with Crippen LogP contribution in [-0.2, 0) is 6.42 Å². The molecule has 1 aromatic heterocycles. The molecule has 13 N–H and O–H groups in total. The zero-order valence-corrected chi connectivity index (χ0v) is 29.8. The number of aliphatic hydroxyl groups is 6. The lowest BCUT2D eigenvalue weighted by Gasteiger charge is -2.29. The Hall–Kier alpha value is -2.07. The fourth-order valence-corrected chi connectivity index (χ4v) is 3.91. The highest BCUT2D eigenvalue weighted by Crippen LogP contribution is 2.17. The van der Waals surface area contributed by atoms with Crippen LogP contribution in [0.2, 0.25) is 5.15 Å². The highest BCUT2D eigenvalue weighted by atomic mass is 35.5. The predicted molar refractivity (Wildman–Crippen MR) is 195 cm³/mol. The van der Waals surface area contributed by atoms with Gasteiger partial charge in [0.05, 0.1) is 25.4 Å². The number of halogens is 3. The summed E-state index contributed by atoms with van der Waals surface area (Å²) in [7, 11) is 0. The summed E-state index contributed by atoms with van der Waals surface area (Å²) in [6, 6.07) is 7.43. The van der Waals surface area contributed by atoms with Crippen molar-refractivity contribution in [3.8, 4) is 5.75 Å². The lowest BCUT2D eigenvalue weighted by molar-refractivity contribution is -0.0551. The number of nitrogen functional groups attached to an aromatic ring is 2. The Labute approximate surface area is 304 Å². The van der Waals surface area contributed by atoms with Crippen molar-refractivity contribution in [1.29, 1.82) is 0 Å². The molecule has 272 valence electrons. The minimum atomic E-state index is -1.36. The van der Waals surface area contributed by atoms with E-state index >= 15 is 0 Å². The number of benzene rings is 1. The summed E-state index contributed by atoms with van der Waals surface area (Å²) >= 11 is 5.79. The van der Waals surface area contributed by atoms with Crippen molar-refractivity contribution in [3.05, 3.63) is 40.7 Å². The molecule has 0 radical (unpaired) electrons. The maximum absolute atomic E-state index is 12.3. The smallest absolute Gasteiger partial charge is 0.280 e. The van der Waals surface area contributed by atoms with Gasteiger partial charge in [-0.25, -0.2) is 9.97 Å². The Morgan fingerprint density at radius 2 is 1.47 bits per heavy atom. The molecule has 1 aromatic carbocycles. The standard InChI is InChI=1S/C26H41ClN8O8.2ClH.2H2S/c27-22-24(29)33-23(28)21(32-22)25(42)34-26(30)31-8-2-1-3-15-4-6-16(7-5-15)43-10-9-35(11-17(38)19(40)13-36)12-18(39)20(41)14-37;;;;/h4-7,17-20,36-41H,1-3,8-14H2,(H4,28,29,33)(H3,30,31,34,42);2*1H;2*1H2/t17-,18-,19+,20+;;;;/m0..../s1. The maximum atomic E-state index is 12.3. The van der Waals surface area contributed by atoms with Gasteiger partial charge in [-0.2, -0.15) is 27.0 Å². The third-order valence-electron chi connectivity index (χ3n) is 6.27. The molecule has 0 saturated carbocycles. The van der Waals surface area contributed by atoms with E-state index < -0.39 is 43.5 Å². The molecular formula is C26H47Cl3N8O8S2. The van der Waals surface area contributed by atoms with Gasteiger partial charge in [-0.3, -0.25) is 20.0 Å². The number of carbonyl (C=O) groups is 1. The number of aliphatic imine (C=N–C) groups is 1. The van der Waals surface area contributed by atoms with Crippen LogP contribution in [0.5, 0.6) is 5.75 Å². The van der Waals surface area contributed by atoms with E-state index in [4.69, 9.17) is 43.8 Å². The van der Waals surface area contributed by atoms with Gasteiger partial charge in [-0.15, -0.1) is 24.8 Å². The van der Waals surface area contributed by atoms with Crippen LogP contribution < -0.4 is 27.3 Å². The second-order valence-electron chi connectivity index (χ2n) is 9.70. The molecule has 0 aliphatic carbocycles. The summed E-state index contributed by atoms with van der Waals surface area (Å²) in [4.78, 5) is 25.5. The lowest BCUT2D eigenvalue weighted by atomic mass is 10.1. The molecule has 1 heterocycles. The van der Waals surface area contributed by atoms with Gasteiger partial charge in [0.15, 0.2) is 28.4 Å². The average Bonchev–Trinajstić information content (AvgIpc) is 2.98. The molecular weight excluding hydrogens is 723 g/mol. The van der Waals surface area contributed by atoms with Crippen molar-refractivity contribution in [1.82, 2.24) is 20.2 Å². The number of aryl methyl sites for hydroxylation is 1. The van der Waals surface area contributed by atoms with E-state index in [1.165, 1.54) is 0 Å². The molecule has 0 aliphatic rings. The van der Waals surface area contributed by atoms with Crippen LogP contribution >= 0.6 is 63.4 Å². The molecule has 16 nitrogen and oxygen atoms in total. The molecule has 21 heteroatoms. The van der Waals surface area contributed by atoms with E-state index in [0.717, 1.165) is 18.4 Å². The SMILES string of the molecule is Cl.Cl.NC(=NCCCCc1ccc(OCCN(C[C@H](O)[C@H](O)CO)C[C@H](O)[C@H](O)CO)cc1)NC(=O)c1nc(Cl)c(N)nc1N.S.S. The van der Waals surface area contributed by atoms with E-state index in [1.54, 1.807) is 17.0 Å². The zero-order chi connectivity index (χ0) is 31.9. The lowest BCUT2D eigenvalue weighted by Crippen LogP contribution is -2.47. The number of guanidine groups is 1. The maximum Gasteiger partial charge on any atom is 0.280 e. The third-order valence-corrected chi connectivity index (χ3v) is 6.55. The van der Waals surface area contributed by atoms with Crippen molar-refractivity contribution in [2.24, 2.45) is 10.7 Å². The second kappa shape index (κ2) is 25.9. The number of unbranched alkanes of at least 4 members (excludes halogenated alkanes) is 1. The number of nitrogens with zero attached hydrogens (tertiary/aromatic N) is 4. The Kier molecular flexibility index (Phi) is 27.2. The molecule has 0 spiro atoms. The van der Waals surface area contributed by atoms with Crippen LogP contribution in [0.25, 0.3) is 0 Å². The van der Waals surface area contributed by atoms with Crippen molar-refractivity contribution >= 4 is 86.9 Å². The van der Waals surface area contributed by atoms with Crippen molar-refractivity contribution in [3.63, 3.8) is 0 Å². The minimum absolute atomic E-state index is 0. The van der Waals surface area contributed by atoms with Crippen molar-refractivity contribution in [2.75, 3.05) is 57.5 Å². The zero-order valence-electron chi connectivity index (χ0n) is 25.4. The van der Waals surface area contributed by atoms with Crippen LogP contribution in [-0.4, -0.2) is 128 Å². The summed E-state index contributed by atoms with van der Waals surface area (Å²) in [6.07, 6.45) is -3.03. The van der Waals surface area contributed by atoms with Gasteiger partial charge >= 0.3 is 0 Å². The van der Waals surface area contributed by atoms with Crippen LogP contribution in [0.3, 0.4) is 0 Å². The number of ether oxygens (including phenoxy) is 1. The molecule has 0 fully saturated rings. The topological polar surface area (TPSA) is 279 Å².